The Labute approximate surface area is 108 Å². The molecule has 1 aromatic carbocycles. The molecule has 0 spiro atoms. The molecule has 100 valence electrons. The number of rotatable bonds is 2. The van der Waals surface area contributed by atoms with Crippen LogP contribution in [-0.2, 0) is 0 Å². The smallest absolute Gasteiger partial charge is 0.200 e. The summed E-state index contributed by atoms with van der Waals surface area (Å²) in [5.41, 5.74) is -1.02. The molecule has 2 aromatic rings. The van der Waals surface area contributed by atoms with E-state index in [1.807, 2.05) is 0 Å². The van der Waals surface area contributed by atoms with E-state index in [1.54, 1.807) is 0 Å². The number of carbonyl (C=O) groups is 1. The zero-order valence-corrected chi connectivity index (χ0v) is 10.2. The van der Waals surface area contributed by atoms with E-state index in [4.69, 9.17) is 0 Å². The highest BCUT2D eigenvalue weighted by atomic mass is 32.1. The number of hydrogen-bond donors (Lipinski definition) is 0. The second-order valence-corrected chi connectivity index (χ2v) is 4.75. The van der Waals surface area contributed by atoms with Crippen LogP contribution in [0.1, 0.15) is 16.6 Å². The molecule has 0 aliphatic carbocycles. The average molecular weight is 292 g/mol. The van der Waals surface area contributed by atoms with Crippen LogP contribution in [0.3, 0.4) is 0 Å². The zero-order valence-electron chi connectivity index (χ0n) is 9.36. The van der Waals surface area contributed by atoms with Crippen molar-refractivity contribution in [3.63, 3.8) is 0 Å². The van der Waals surface area contributed by atoms with E-state index in [0.717, 1.165) is 6.07 Å². The van der Waals surface area contributed by atoms with Gasteiger partial charge in [-0.15, -0.1) is 11.3 Å². The minimum Gasteiger partial charge on any atom is -0.294 e. The van der Waals surface area contributed by atoms with Crippen LogP contribution in [0.4, 0.5) is 22.0 Å². The minimum atomic E-state index is -2.21. The van der Waals surface area contributed by atoms with Crippen molar-refractivity contribution in [2.24, 2.45) is 0 Å². The molecule has 7 heteroatoms. The Morgan fingerprint density at radius 1 is 0.895 bits per heavy atom. The number of thiophene rings is 1. The Balaban J connectivity index is 2.71. The van der Waals surface area contributed by atoms with E-state index in [0.29, 0.717) is 11.3 Å². The van der Waals surface area contributed by atoms with Gasteiger partial charge in [-0.2, -0.15) is 0 Å². The van der Waals surface area contributed by atoms with Crippen molar-refractivity contribution in [1.29, 1.82) is 0 Å². The lowest BCUT2D eigenvalue weighted by Crippen LogP contribution is -2.03. The third-order valence-electron chi connectivity index (χ3n) is 2.41. The van der Waals surface area contributed by atoms with Crippen LogP contribution in [0.15, 0.2) is 12.1 Å². The molecule has 1 aromatic heterocycles. The summed E-state index contributed by atoms with van der Waals surface area (Å²) in [6, 6.07) is 2.40. The van der Waals surface area contributed by atoms with Gasteiger partial charge in [0.25, 0.3) is 0 Å². The fraction of sp³-hybridized carbons (Fsp3) is 0.0833. The predicted molar refractivity (Wildman–Crippen MR) is 59.5 cm³/mol. The summed E-state index contributed by atoms with van der Waals surface area (Å²) in [6.45, 7) is 1.23. The standard InChI is InChI=1S/C12H5F5OS/c1-4(18)5-2-3-6(19-5)7-8(13)10(15)12(17)11(16)9(7)14/h2-3H,1H3. The lowest BCUT2D eigenvalue weighted by atomic mass is 10.1. The maximum Gasteiger partial charge on any atom is 0.200 e. The van der Waals surface area contributed by atoms with Crippen molar-refractivity contribution in [1.82, 2.24) is 0 Å². The molecule has 0 amide bonds. The van der Waals surface area contributed by atoms with Gasteiger partial charge in [0.05, 0.1) is 10.4 Å². The Morgan fingerprint density at radius 3 is 1.79 bits per heavy atom. The molecular weight excluding hydrogens is 287 g/mol. The van der Waals surface area contributed by atoms with Crippen LogP contribution in [0.5, 0.6) is 0 Å². The van der Waals surface area contributed by atoms with Gasteiger partial charge >= 0.3 is 0 Å². The molecule has 2 rings (SSSR count). The van der Waals surface area contributed by atoms with Crippen LogP contribution >= 0.6 is 11.3 Å². The van der Waals surface area contributed by atoms with Crippen LogP contribution in [0, 0.1) is 29.1 Å². The normalized spacial score (nSPS) is 10.8. The summed E-state index contributed by atoms with van der Waals surface area (Å²) in [6.07, 6.45) is 0. The number of benzene rings is 1. The first-order valence-electron chi connectivity index (χ1n) is 4.97. The zero-order chi connectivity index (χ0) is 14.3. The molecule has 1 nitrogen and oxygen atoms in total. The number of ketones is 1. The van der Waals surface area contributed by atoms with E-state index in [9.17, 15) is 26.7 Å². The largest absolute Gasteiger partial charge is 0.294 e. The number of Topliss-reactive ketones (excluding diaryl/α,β-unsaturated/α-hetero) is 1. The first-order valence-corrected chi connectivity index (χ1v) is 5.78. The molecule has 1 heterocycles. The fourth-order valence-electron chi connectivity index (χ4n) is 1.48. The van der Waals surface area contributed by atoms with E-state index >= 15 is 0 Å². The first-order chi connectivity index (χ1) is 8.84. The molecular formula is C12H5F5OS. The molecule has 0 aliphatic heterocycles. The summed E-state index contributed by atoms with van der Waals surface area (Å²) in [5, 5.41) is 0. The van der Waals surface area contributed by atoms with Crippen molar-refractivity contribution in [3.8, 4) is 10.4 Å². The van der Waals surface area contributed by atoms with E-state index in [1.165, 1.54) is 13.0 Å². The Bertz CT molecular complexity index is 648. The number of carbonyl (C=O) groups excluding carboxylic acids is 1. The van der Waals surface area contributed by atoms with Gasteiger partial charge in [0, 0.05) is 4.88 Å². The van der Waals surface area contributed by atoms with Crippen LogP contribution in [-0.4, -0.2) is 5.78 Å². The highest BCUT2D eigenvalue weighted by Gasteiger charge is 2.27. The van der Waals surface area contributed by atoms with E-state index < -0.39 is 34.6 Å². The molecule has 0 unspecified atom stereocenters. The van der Waals surface area contributed by atoms with Crippen LogP contribution < -0.4 is 0 Å². The Kier molecular flexibility index (Phi) is 3.40. The summed E-state index contributed by atoms with van der Waals surface area (Å²) in [5.74, 6) is -10.4. The van der Waals surface area contributed by atoms with Gasteiger partial charge in [0.1, 0.15) is 0 Å². The monoisotopic (exact) mass is 292 g/mol. The summed E-state index contributed by atoms with van der Waals surface area (Å²) in [7, 11) is 0. The molecule has 19 heavy (non-hydrogen) atoms. The quantitative estimate of drug-likeness (QED) is 0.349. The van der Waals surface area contributed by atoms with Gasteiger partial charge in [-0.3, -0.25) is 4.79 Å². The van der Waals surface area contributed by atoms with Gasteiger partial charge < -0.3 is 0 Å². The molecule has 0 saturated heterocycles. The SMILES string of the molecule is CC(=O)c1ccc(-c2c(F)c(F)c(F)c(F)c2F)s1. The predicted octanol–water partition coefficient (Wildman–Crippen LogP) is 4.31. The maximum absolute atomic E-state index is 13.5. The second kappa shape index (κ2) is 4.73. The van der Waals surface area contributed by atoms with Gasteiger partial charge in [-0.25, -0.2) is 22.0 Å². The second-order valence-electron chi connectivity index (χ2n) is 3.66. The van der Waals surface area contributed by atoms with Crippen molar-refractivity contribution < 1.29 is 26.7 Å². The van der Waals surface area contributed by atoms with E-state index in [-0.39, 0.29) is 15.5 Å². The third-order valence-corrected chi connectivity index (χ3v) is 3.61. The highest BCUT2D eigenvalue weighted by Crippen LogP contribution is 2.35. The van der Waals surface area contributed by atoms with Crippen LogP contribution in [0.25, 0.3) is 10.4 Å². The van der Waals surface area contributed by atoms with Gasteiger partial charge in [0.2, 0.25) is 5.82 Å². The third kappa shape index (κ3) is 2.14. The lowest BCUT2D eigenvalue weighted by molar-refractivity contribution is 0.102. The highest BCUT2D eigenvalue weighted by molar-refractivity contribution is 7.17. The molecule has 0 radical (unpaired) electrons. The topological polar surface area (TPSA) is 17.1 Å². The van der Waals surface area contributed by atoms with Crippen molar-refractivity contribution in [2.45, 2.75) is 6.92 Å². The van der Waals surface area contributed by atoms with Gasteiger partial charge in [-0.05, 0) is 19.1 Å². The average Bonchev–Trinajstić information content (AvgIpc) is 2.84. The summed E-state index contributed by atoms with van der Waals surface area (Å²) < 4.78 is 65.9. The van der Waals surface area contributed by atoms with Crippen molar-refractivity contribution in [2.75, 3.05) is 0 Å². The molecule has 0 bridgehead atoms. The molecule has 0 fully saturated rings. The van der Waals surface area contributed by atoms with E-state index in [2.05, 4.69) is 0 Å². The Morgan fingerprint density at radius 2 is 1.37 bits per heavy atom. The Hall–Kier alpha value is -1.76. The maximum atomic E-state index is 13.5. The lowest BCUT2D eigenvalue weighted by Gasteiger charge is -2.05. The van der Waals surface area contributed by atoms with Gasteiger partial charge in [-0.1, -0.05) is 0 Å². The summed E-state index contributed by atoms with van der Waals surface area (Å²) in [4.78, 5) is 11.0. The molecule has 0 aliphatic rings. The number of hydrogen-bond acceptors (Lipinski definition) is 2. The first kappa shape index (κ1) is 13.7. The van der Waals surface area contributed by atoms with Crippen molar-refractivity contribution >= 4 is 17.1 Å². The molecule has 0 atom stereocenters. The summed E-state index contributed by atoms with van der Waals surface area (Å²) >= 11 is 0.660. The minimum absolute atomic E-state index is 0.166. The van der Waals surface area contributed by atoms with Gasteiger partial charge in [0.15, 0.2) is 29.1 Å². The number of halogens is 5. The van der Waals surface area contributed by atoms with Crippen molar-refractivity contribution in [3.05, 3.63) is 46.1 Å². The van der Waals surface area contributed by atoms with Crippen LogP contribution in [0.2, 0.25) is 0 Å². The molecule has 0 saturated carbocycles. The molecule has 0 N–H and O–H groups in total. The fourth-order valence-corrected chi connectivity index (χ4v) is 2.42.